The molecule has 1 rings (SSSR count). The number of esters is 1. The summed E-state index contributed by atoms with van der Waals surface area (Å²) < 4.78 is 4.56. The largest absolute Gasteiger partial charge is 0.469 e. The number of nitriles is 1. The number of pyridine rings is 1. The van der Waals surface area contributed by atoms with Gasteiger partial charge in [0.2, 0.25) is 0 Å². The van der Waals surface area contributed by atoms with Crippen molar-refractivity contribution in [2.75, 3.05) is 25.6 Å². The van der Waals surface area contributed by atoms with Gasteiger partial charge in [0, 0.05) is 26.2 Å². The van der Waals surface area contributed by atoms with Crippen LogP contribution in [0.4, 0.5) is 5.82 Å². The number of rotatable bonds is 5. The molecule has 1 heterocycles. The number of methoxy groups -OCH3 is 1. The molecule has 1 aromatic heterocycles. The van der Waals surface area contributed by atoms with Gasteiger partial charge in [-0.3, -0.25) is 4.79 Å². The lowest BCUT2D eigenvalue weighted by Crippen LogP contribution is -2.21. The van der Waals surface area contributed by atoms with Crippen molar-refractivity contribution in [2.24, 2.45) is 0 Å². The molecule has 5 nitrogen and oxygen atoms in total. The highest BCUT2D eigenvalue weighted by atomic mass is 16.5. The third-order valence-electron chi connectivity index (χ3n) is 2.37. The van der Waals surface area contributed by atoms with Crippen LogP contribution in [0.5, 0.6) is 0 Å². The fourth-order valence-corrected chi connectivity index (χ4v) is 1.46. The number of anilines is 1. The van der Waals surface area contributed by atoms with Crippen LogP contribution in [-0.4, -0.2) is 31.7 Å². The molecule has 0 aliphatic carbocycles. The van der Waals surface area contributed by atoms with E-state index in [1.165, 1.54) is 7.11 Å². The standard InChI is InChI=1S/C12H15N3O2/c1-15(8-4-6-11(16)17-2)12-10(9-13)5-3-7-14-12/h3,5,7H,4,6,8H2,1-2H3. The molecule has 0 amide bonds. The average Bonchev–Trinajstić information content (AvgIpc) is 2.38. The summed E-state index contributed by atoms with van der Waals surface area (Å²) in [7, 11) is 3.22. The molecule has 0 spiro atoms. The summed E-state index contributed by atoms with van der Waals surface area (Å²) in [5.74, 6) is 0.416. The maximum atomic E-state index is 10.9. The van der Waals surface area contributed by atoms with Crippen molar-refractivity contribution in [3.63, 3.8) is 0 Å². The van der Waals surface area contributed by atoms with Gasteiger partial charge < -0.3 is 9.64 Å². The molecule has 1 aromatic rings. The first-order valence-electron chi connectivity index (χ1n) is 5.32. The predicted octanol–water partition coefficient (Wildman–Crippen LogP) is 1.34. The average molecular weight is 233 g/mol. The first-order valence-corrected chi connectivity index (χ1v) is 5.32. The highest BCUT2D eigenvalue weighted by Crippen LogP contribution is 2.14. The van der Waals surface area contributed by atoms with Gasteiger partial charge in [0.05, 0.1) is 12.7 Å². The van der Waals surface area contributed by atoms with Crippen LogP contribution in [0.3, 0.4) is 0 Å². The Labute approximate surface area is 101 Å². The van der Waals surface area contributed by atoms with Gasteiger partial charge in [0.1, 0.15) is 11.9 Å². The van der Waals surface area contributed by atoms with Gasteiger partial charge in [-0.05, 0) is 18.6 Å². The number of nitrogens with zero attached hydrogens (tertiary/aromatic N) is 3. The number of hydrogen-bond acceptors (Lipinski definition) is 5. The fourth-order valence-electron chi connectivity index (χ4n) is 1.46. The first kappa shape index (κ1) is 13.0. The van der Waals surface area contributed by atoms with Crippen LogP contribution in [0.1, 0.15) is 18.4 Å². The van der Waals surface area contributed by atoms with Gasteiger partial charge in [-0.25, -0.2) is 4.98 Å². The lowest BCUT2D eigenvalue weighted by molar-refractivity contribution is -0.140. The van der Waals surface area contributed by atoms with Crippen LogP contribution in [0.25, 0.3) is 0 Å². The number of ether oxygens (including phenoxy) is 1. The molecule has 0 bridgehead atoms. The number of hydrogen-bond donors (Lipinski definition) is 0. The van der Waals surface area contributed by atoms with Crippen LogP contribution >= 0.6 is 0 Å². The second-order valence-electron chi connectivity index (χ2n) is 3.59. The molecular formula is C12H15N3O2. The van der Waals surface area contributed by atoms with Gasteiger partial charge in [-0.1, -0.05) is 0 Å². The molecule has 0 saturated carbocycles. The predicted molar refractivity (Wildman–Crippen MR) is 63.5 cm³/mol. The molecule has 0 radical (unpaired) electrons. The van der Waals surface area contributed by atoms with Gasteiger partial charge in [-0.2, -0.15) is 5.26 Å². The smallest absolute Gasteiger partial charge is 0.305 e. The Balaban J connectivity index is 2.55. The summed E-state index contributed by atoms with van der Waals surface area (Å²) in [6.07, 6.45) is 2.69. The van der Waals surface area contributed by atoms with E-state index in [4.69, 9.17) is 5.26 Å². The van der Waals surface area contributed by atoms with E-state index in [9.17, 15) is 4.79 Å². The summed E-state index contributed by atoms with van der Waals surface area (Å²) in [6.45, 7) is 0.654. The Morgan fingerprint density at radius 1 is 1.65 bits per heavy atom. The third-order valence-corrected chi connectivity index (χ3v) is 2.37. The molecule has 90 valence electrons. The van der Waals surface area contributed by atoms with Crippen molar-refractivity contribution in [3.05, 3.63) is 23.9 Å². The van der Waals surface area contributed by atoms with Crippen molar-refractivity contribution in [1.29, 1.82) is 5.26 Å². The lowest BCUT2D eigenvalue weighted by Gasteiger charge is -2.18. The third kappa shape index (κ3) is 3.76. The second kappa shape index (κ2) is 6.48. The SMILES string of the molecule is COC(=O)CCCN(C)c1ncccc1C#N. The van der Waals surface area contributed by atoms with Crippen LogP contribution in [0.2, 0.25) is 0 Å². The Hall–Kier alpha value is -2.09. The van der Waals surface area contributed by atoms with E-state index in [2.05, 4.69) is 15.8 Å². The Kier molecular flexibility index (Phi) is 4.95. The molecular weight excluding hydrogens is 218 g/mol. The van der Waals surface area contributed by atoms with E-state index < -0.39 is 0 Å². The highest BCUT2D eigenvalue weighted by Gasteiger charge is 2.08. The maximum absolute atomic E-state index is 10.9. The highest BCUT2D eigenvalue weighted by molar-refractivity contribution is 5.69. The zero-order valence-electron chi connectivity index (χ0n) is 10.0. The molecule has 0 atom stereocenters. The topological polar surface area (TPSA) is 66.2 Å². The molecule has 0 aromatic carbocycles. The fraction of sp³-hybridized carbons (Fsp3) is 0.417. The molecule has 0 aliphatic rings. The normalized spacial score (nSPS) is 9.47. The van der Waals surface area contributed by atoms with Crippen molar-refractivity contribution >= 4 is 11.8 Å². The summed E-state index contributed by atoms with van der Waals surface area (Å²) in [5, 5.41) is 8.93. The molecule has 0 N–H and O–H groups in total. The Morgan fingerprint density at radius 2 is 2.41 bits per heavy atom. The van der Waals surface area contributed by atoms with Crippen molar-refractivity contribution in [1.82, 2.24) is 4.98 Å². The molecule has 0 unspecified atom stereocenters. The lowest BCUT2D eigenvalue weighted by atomic mass is 10.2. The van der Waals surface area contributed by atoms with Crippen LogP contribution in [-0.2, 0) is 9.53 Å². The minimum absolute atomic E-state index is 0.222. The van der Waals surface area contributed by atoms with Gasteiger partial charge in [-0.15, -0.1) is 0 Å². The first-order chi connectivity index (χ1) is 8.19. The van der Waals surface area contributed by atoms with Gasteiger partial charge in [0.15, 0.2) is 0 Å². The summed E-state index contributed by atoms with van der Waals surface area (Å²) >= 11 is 0. The van der Waals surface area contributed by atoms with E-state index in [1.54, 1.807) is 18.3 Å². The number of carbonyl (C=O) groups is 1. The van der Waals surface area contributed by atoms with Crippen LogP contribution in [0.15, 0.2) is 18.3 Å². The monoisotopic (exact) mass is 233 g/mol. The molecule has 0 aliphatic heterocycles. The van der Waals surface area contributed by atoms with E-state index in [-0.39, 0.29) is 5.97 Å². The quantitative estimate of drug-likeness (QED) is 0.718. The Morgan fingerprint density at radius 3 is 3.06 bits per heavy atom. The maximum Gasteiger partial charge on any atom is 0.305 e. The zero-order chi connectivity index (χ0) is 12.7. The van der Waals surface area contributed by atoms with Crippen LogP contribution in [0, 0.1) is 11.3 Å². The van der Waals surface area contributed by atoms with Gasteiger partial charge >= 0.3 is 5.97 Å². The minimum Gasteiger partial charge on any atom is -0.469 e. The van der Waals surface area contributed by atoms with E-state index in [0.717, 1.165) is 0 Å². The minimum atomic E-state index is -0.222. The van der Waals surface area contributed by atoms with Gasteiger partial charge in [0.25, 0.3) is 0 Å². The number of carbonyl (C=O) groups excluding carboxylic acids is 1. The molecule has 0 fully saturated rings. The number of aromatic nitrogens is 1. The summed E-state index contributed by atoms with van der Waals surface area (Å²) in [5.41, 5.74) is 0.535. The summed E-state index contributed by atoms with van der Waals surface area (Å²) in [4.78, 5) is 17.0. The van der Waals surface area contributed by atoms with Crippen molar-refractivity contribution in [3.8, 4) is 6.07 Å². The molecule has 5 heteroatoms. The molecule has 0 saturated heterocycles. The summed E-state index contributed by atoms with van der Waals surface area (Å²) in [6, 6.07) is 5.54. The Bertz CT molecular complexity index is 426. The van der Waals surface area contributed by atoms with Crippen molar-refractivity contribution < 1.29 is 9.53 Å². The second-order valence-corrected chi connectivity index (χ2v) is 3.59. The van der Waals surface area contributed by atoms with E-state index in [1.807, 2.05) is 11.9 Å². The molecule has 17 heavy (non-hydrogen) atoms. The van der Waals surface area contributed by atoms with Crippen LogP contribution < -0.4 is 4.90 Å². The van der Waals surface area contributed by atoms with E-state index in [0.29, 0.717) is 30.8 Å². The van der Waals surface area contributed by atoms with E-state index >= 15 is 0 Å². The zero-order valence-corrected chi connectivity index (χ0v) is 10.0. The van der Waals surface area contributed by atoms with Crippen molar-refractivity contribution in [2.45, 2.75) is 12.8 Å².